The lowest BCUT2D eigenvalue weighted by Gasteiger charge is -1.99. The van der Waals surface area contributed by atoms with E-state index in [4.69, 9.17) is 5.73 Å². The summed E-state index contributed by atoms with van der Waals surface area (Å²) >= 11 is 3.46. The highest BCUT2D eigenvalue weighted by atomic mass is 79.9. The zero-order valence-electron chi connectivity index (χ0n) is 7.29. The first-order valence-corrected chi connectivity index (χ1v) is 4.82. The van der Waals surface area contributed by atoms with Crippen molar-refractivity contribution in [2.75, 3.05) is 0 Å². The van der Waals surface area contributed by atoms with Gasteiger partial charge in [0.1, 0.15) is 0 Å². The highest BCUT2D eigenvalue weighted by Crippen LogP contribution is 2.22. The molecule has 1 heterocycles. The Bertz CT molecular complexity index is 447. The van der Waals surface area contributed by atoms with Crippen LogP contribution in [-0.4, -0.2) is 9.78 Å². The smallest absolute Gasteiger partial charge is 0.0934 e. The molecular weight excluding hydrogens is 230 g/mol. The van der Waals surface area contributed by atoms with E-state index < -0.39 is 0 Å². The van der Waals surface area contributed by atoms with E-state index in [0.29, 0.717) is 6.54 Å². The van der Waals surface area contributed by atoms with E-state index in [1.807, 2.05) is 19.3 Å². The second-order valence-corrected chi connectivity index (χ2v) is 3.86. The molecule has 1 aromatic carbocycles. The molecule has 0 aliphatic carbocycles. The fraction of sp³-hybridized carbons (Fsp3) is 0.222. The topological polar surface area (TPSA) is 43.8 Å². The second-order valence-electron chi connectivity index (χ2n) is 3.01. The Morgan fingerprint density at radius 2 is 2.31 bits per heavy atom. The van der Waals surface area contributed by atoms with Crippen LogP contribution in [-0.2, 0) is 13.6 Å². The summed E-state index contributed by atoms with van der Waals surface area (Å²) in [4.78, 5) is 0. The van der Waals surface area contributed by atoms with E-state index in [-0.39, 0.29) is 0 Å². The fourth-order valence-corrected chi connectivity index (χ4v) is 1.87. The molecular formula is C9H10BrN3. The third kappa shape index (κ3) is 1.47. The Labute approximate surface area is 84.7 Å². The number of aryl methyl sites for hydroxylation is 1. The van der Waals surface area contributed by atoms with E-state index in [1.54, 1.807) is 4.68 Å². The standard InChI is InChI=1S/C9H10BrN3/c1-13-5-7-2-6(4-11)8(10)3-9(7)12-13/h2-3,5H,4,11H2,1H3. The molecule has 4 heteroatoms. The molecule has 0 bridgehead atoms. The lowest BCUT2D eigenvalue weighted by atomic mass is 10.2. The Morgan fingerprint density at radius 3 is 3.00 bits per heavy atom. The minimum atomic E-state index is 0.547. The number of benzene rings is 1. The van der Waals surface area contributed by atoms with Crippen LogP contribution in [0.2, 0.25) is 0 Å². The third-order valence-corrected chi connectivity index (χ3v) is 2.75. The molecule has 0 aliphatic rings. The van der Waals surface area contributed by atoms with Crippen LogP contribution in [0, 0.1) is 0 Å². The van der Waals surface area contributed by atoms with Crippen molar-refractivity contribution in [1.82, 2.24) is 9.78 Å². The maximum absolute atomic E-state index is 5.59. The molecule has 0 aliphatic heterocycles. The summed E-state index contributed by atoms with van der Waals surface area (Å²) in [5, 5.41) is 5.43. The van der Waals surface area contributed by atoms with Crippen molar-refractivity contribution in [2.24, 2.45) is 12.8 Å². The number of fused-ring (bicyclic) bond motifs is 1. The van der Waals surface area contributed by atoms with Crippen LogP contribution in [0.15, 0.2) is 22.8 Å². The van der Waals surface area contributed by atoms with Gasteiger partial charge in [-0.05, 0) is 17.7 Å². The minimum absolute atomic E-state index is 0.547. The molecule has 3 nitrogen and oxygen atoms in total. The van der Waals surface area contributed by atoms with Crippen molar-refractivity contribution in [3.63, 3.8) is 0 Å². The Hall–Kier alpha value is -0.870. The zero-order chi connectivity index (χ0) is 9.42. The molecule has 0 atom stereocenters. The highest BCUT2D eigenvalue weighted by Gasteiger charge is 2.03. The van der Waals surface area contributed by atoms with E-state index >= 15 is 0 Å². The van der Waals surface area contributed by atoms with Crippen LogP contribution in [0.3, 0.4) is 0 Å². The van der Waals surface area contributed by atoms with Gasteiger partial charge in [0.15, 0.2) is 0 Å². The molecule has 2 N–H and O–H groups in total. The van der Waals surface area contributed by atoms with Gasteiger partial charge in [-0.2, -0.15) is 5.10 Å². The summed E-state index contributed by atoms with van der Waals surface area (Å²) in [5.74, 6) is 0. The lowest BCUT2D eigenvalue weighted by molar-refractivity contribution is 0.779. The fourth-order valence-electron chi connectivity index (χ4n) is 1.37. The third-order valence-electron chi connectivity index (χ3n) is 2.01. The normalized spacial score (nSPS) is 11.0. The predicted octanol–water partition coefficient (Wildman–Crippen LogP) is 1.79. The van der Waals surface area contributed by atoms with Gasteiger partial charge < -0.3 is 5.73 Å². The first-order valence-electron chi connectivity index (χ1n) is 4.02. The van der Waals surface area contributed by atoms with Crippen molar-refractivity contribution in [2.45, 2.75) is 6.54 Å². The van der Waals surface area contributed by atoms with Crippen molar-refractivity contribution < 1.29 is 0 Å². The summed E-state index contributed by atoms with van der Waals surface area (Å²) in [6.45, 7) is 0.547. The number of halogens is 1. The number of nitrogens with zero attached hydrogens (tertiary/aromatic N) is 2. The molecule has 0 fully saturated rings. The Kier molecular flexibility index (Phi) is 2.09. The molecule has 0 saturated carbocycles. The number of hydrogen-bond donors (Lipinski definition) is 1. The van der Waals surface area contributed by atoms with Crippen LogP contribution in [0.1, 0.15) is 5.56 Å². The van der Waals surface area contributed by atoms with E-state index in [2.05, 4.69) is 27.1 Å². The van der Waals surface area contributed by atoms with Gasteiger partial charge in [0.25, 0.3) is 0 Å². The first-order chi connectivity index (χ1) is 6.20. The molecule has 2 rings (SSSR count). The average Bonchev–Trinajstić information content (AvgIpc) is 2.42. The molecule has 0 amide bonds. The molecule has 0 unspecified atom stereocenters. The van der Waals surface area contributed by atoms with Gasteiger partial charge >= 0.3 is 0 Å². The van der Waals surface area contributed by atoms with Gasteiger partial charge in [0, 0.05) is 29.6 Å². The molecule has 1 aromatic heterocycles. The summed E-state index contributed by atoms with van der Waals surface area (Å²) in [7, 11) is 1.91. The van der Waals surface area contributed by atoms with Crippen molar-refractivity contribution in [3.05, 3.63) is 28.4 Å². The van der Waals surface area contributed by atoms with Gasteiger partial charge in [0.2, 0.25) is 0 Å². The Morgan fingerprint density at radius 1 is 1.54 bits per heavy atom. The van der Waals surface area contributed by atoms with Gasteiger partial charge in [-0.15, -0.1) is 0 Å². The maximum atomic E-state index is 5.59. The monoisotopic (exact) mass is 239 g/mol. The number of nitrogens with two attached hydrogens (primary N) is 1. The SMILES string of the molecule is Cn1cc2cc(CN)c(Br)cc2n1. The molecule has 13 heavy (non-hydrogen) atoms. The van der Waals surface area contributed by atoms with Crippen LogP contribution < -0.4 is 5.73 Å². The van der Waals surface area contributed by atoms with E-state index in [9.17, 15) is 0 Å². The predicted molar refractivity (Wildman–Crippen MR) is 56.3 cm³/mol. The van der Waals surface area contributed by atoms with Gasteiger partial charge in [-0.3, -0.25) is 4.68 Å². The Balaban J connectivity index is 2.72. The van der Waals surface area contributed by atoms with Gasteiger partial charge in [0.05, 0.1) is 5.52 Å². The summed E-state index contributed by atoms with van der Waals surface area (Å²) in [5.41, 5.74) is 7.70. The maximum Gasteiger partial charge on any atom is 0.0934 e. The quantitative estimate of drug-likeness (QED) is 0.825. The molecule has 0 saturated heterocycles. The number of hydrogen-bond acceptors (Lipinski definition) is 2. The average molecular weight is 240 g/mol. The van der Waals surface area contributed by atoms with Crippen LogP contribution in [0.5, 0.6) is 0 Å². The van der Waals surface area contributed by atoms with Crippen molar-refractivity contribution in [3.8, 4) is 0 Å². The lowest BCUT2D eigenvalue weighted by Crippen LogP contribution is -1.96. The molecule has 68 valence electrons. The summed E-state index contributed by atoms with van der Waals surface area (Å²) in [6, 6.07) is 4.06. The largest absolute Gasteiger partial charge is 0.326 e. The minimum Gasteiger partial charge on any atom is -0.326 e. The number of aromatic nitrogens is 2. The van der Waals surface area contributed by atoms with E-state index in [0.717, 1.165) is 20.9 Å². The summed E-state index contributed by atoms with van der Waals surface area (Å²) < 4.78 is 2.83. The summed E-state index contributed by atoms with van der Waals surface area (Å²) in [6.07, 6.45) is 1.99. The molecule has 0 radical (unpaired) electrons. The molecule has 0 spiro atoms. The van der Waals surface area contributed by atoms with Crippen molar-refractivity contribution >= 4 is 26.8 Å². The second kappa shape index (κ2) is 3.12. The first kappa shape index (κ1) is 8.72. The van der Waals surface area contributed by atoms with Gasteiger partial charge in [-0.25, -0.2) is 0 Å². The van der Waals surface area contributed by atoms with Crippen LogP contribution >= 0.6 is 15.9 Å². The zero-order valence-corrected chi connectivity index (χ0v) is 8.87. The number of rotatable bonds is 1. The van der Waals surface area contributed by atoms with Gasteiger partial charge in [-0.1, -0.05) is 15.9 Å². The van der Waals surface area contributed by atoms with Crippen LogP contribution in [0.4, 0.5) is 0 Å². The van der Waals surface area contributed by atoms with E-state index in [1.165, 1.54) is 0 Å². The molecule has 2 aromatic rings. The van der Waals surface area contributed by atoms with Crippen molar-refractivity contribution in [1.29, 1.82) is 0 Å². The van der Waals surface area contributed by atoms with Crippen LogP contribution in [0.25, 0.3) is 10.9 Å². The highest BCUT2D eigenvalue weighted by molar-refractivity contribution is 9.10.